The van der Waals surface area contributed by atoms with Gasteiger partial charge in [0.05, 0.1) is 31.3 Å². The van der Waals surface area contributed by atoms with E-state index in [1.165, 1.54) is 16.7 Å². The maximum atomic E-state index is 14.1. The van der Waals surface area contributed by atoms with Crippen molar-refractivity contribution in [2.24, 2.45) is 5.92 Å². The minimum atomic E-state index is -1.96. The minimum Gasteiger partial charge on any atom is -0.441 e. The number of carbonyl (C=O) groups excluding carboxylic acids is 4. The van der Waals surface area contributed by atoms with Crippen LogP contribution in [0.5, 0.6) is 0 Å². The number of fused-ring (bicyclic) bond motifs is 2. The first-order valence-corrected chi connectivity index (χ1v) is 16.0. The molecule has 0 spiro atoms. The molecule has 47 heavy (non-hydrogen) atoms. The van der Waals surface area contributed by atoms with Gasteiger partial charge in [-0.1, -0.05) is 67.1 Å². The number of esters is 1. The van der Waals surface area contributed by atoms with E-state index < -0.39 is 29.6 Å². The van der Waals surface area contributed by atoms with Gasteiger partial charge in [-0.25, -0.2) is 0 Å². The second-order valence-corrected chi connectivity index (χ2v) is 12.7. The van der Waals surface area contributed by atoms with Crippen LogP contribution in [0.4, 0.5) is 11.4 Å². The number of aliphatic hydroxyl groups excluding tert-OH is 1. The van der Waals surface area contributed by atoms with Crippen molar-refractivity contribution in [1.29, 1.82) is 0 Å². The summed E-state index contributed by atoms with van der Waals surface area (Å²) in [5.41, 5.74) is 2.30. The Labute approximate surface area is 277 Å². The van der Waals surface area contributed by atoms with Gasteiger partial charge in [0.2, 0.25) is 11.8 Å². The zero-order chi connectivity index (χ0) is 33.5. The van der Waals surface area contributed by atoms with Crippen LogP contribution in [0.1, 0.15) is 48.9 Å². The maximum absolute atomic E-state index is 14.1. The van der Waals surface area contributed by atoms with E-state index in [0.29, 0.717) is 40.5 Å². The molecule has 244 valence electrons. The van der Waals surface area contributed by atoms with Crippen LogP contribution in [0.3, 0.4) is 0 Å². The summed E-state index contributed by atoms with van der Waals surface area (Å²) in [6.07, 6.45) is 3.35. The van der Waals surface area contributed by atoms with Gasteiger partial charge in [-0.05, 0) is 53.4 Å². The highest BCUT2D eigenvalue weighted by molar-refractivity contribution is 6.31. The van der Waals surface area contributed by atoms with E-state index in [1.807, 2.05) is 30.3 Å². The molecule has 11 heteroatoms. The van der Waals surface area contributed by atoms with E-state index in [2.05, 4.69) is 0 Å². The van der Waals surface area contributed by atoms with Gasteiger partial charge < -0.3 is 24.7 Å². The molecule has 1 unspecified atom stereocenters. The number of hydrogen-bond donors (Lipinski definition) is 2. The molecule has 4 atom stereocenters. The average Bonchev–Trinajstić information content (AvgIpc) is 3.25. The Morgan fingerprint density at radius 3 is 2.55 bits per heavy atom. The summed E-state index contributed by atoms with van der Waals surface area (Å²) in [6, 6.07) is 19.5. The molecule has 3 aromatic carbocycles. The highest BCUT2D eigenvalue weighted by Crippen LogP contribution is 2.47. The first-order valence-electron chi connectivity index (χ1n) is 15.6. The summed E-state index contributed by atoms with van der Waals surface area (Å²) in [5.74, 6) is -2.10. The Bertz CT molecular complexity index is 1780. The molecule has 3 amide bonds. The second-order valence-electron chi connectivity index (χ2n) is 12.3. The van der Waals surface area contributed by atoms with Gasteiger partial charge in [-0.2, -0.15) is 0 Å². The fourth-order valence-electron chi connectivity index (χ4n) is 6.72. The van der Waals surface area contributed by atoms with Crippen molar-refractivity contribution >= 4 is 46.7 Å². The highest BCUT2D eigenvalue weighted by atomic mass is 35.5. The monoisotopic (exact) mass is 657 g/mol. The zero-order valence-corrected chi connectivity index (χ0v) is 26.9. The summed E-state index contributed by atoms with van der Waals surface area (Å²) in [5, 5.41) is 22.4. The van der Waals surface area contributed by atoms with Gasteiger partial charge in [0.1, 0.15) is 0 Å². The summed E-state index contributed by atoms with van der Waals surface area (Å²) in [6.45, 7) is 3.36. The zero-order valence-electron chi connectivity index (χ0n) is 26.1. The number of ether oxygens (including phenoxy) is 1. The molecule has 0 bridgehead atoms. The third-order valence-corrected chi connectivity index (χ3v) is 9.47. The lowest BCUT2D eigenvalue weighted by atomic mass is 9.83. The van der Waals surface area contributed by atoms with Crippen molar-refractivity contribution in [3.05, 3.63) is 106 Å². The second kappa shape index (κ2) is 12.9. The number of nitrogens with zero attached hydrogens (tertiary/aromatic N) is 3. The fraction of sp³-hybridized carbons (Fsp3) is 0.333. The number of β-lactam (4-membered cyclic amide) rings is 1. The molecular formula is C36H36ClN3O7. The molecule has 0 aliphatic carbocycles. The van der Waals surface area contributed by atoms with Crippen molar-refractivity contribution in [3.63, 3.8) is 0 Å². The number of halogens is 1. The molecule has 1 fully saturated rings. The van der Waals surface area contributed by atoms with Crippen LogP contribution < -0.4 is 9.80 Å². The van der Waals surface area contributed by atoms with Crippen LogP contribution in [0.2, 0.25) is 5.02 Å². The topological polar surface area (TPSA) is 128 Å². The third kappa shape index (κ3) is 6.04. The van der Waals surface area contributed by atoms with Crippen LogP contribution in [-0.4, -0.2) is 57.7 Å². The van der Waals surface area contributed by atoms with E-state index in [1.54, 1.807) is 60.4 Å². The molecule has 0 radical (unpaired) electrons. The van der Waals surface area contributed by atoms with Gasteiger partial charge in [0.25, 0.3) is 5.91 Å². The Morgan fingerprint density at radius 1 is 1.06 bits per heavy atom. The smallest absolute Gasteiger partial charge is 0.304 e. The average molecular weight is 658 g/mol. The van der Waals surface area contributed by atoms with Gasteiger partial charge in [0, 0.05) is 42.1 Å². The molecule has 1 saturated heterocycles. The van der Waals surface area contributed by atoms with E-state index in [4.69, 9.17) is 16.3 Å². The van der Waals surface area contributed by atoms with Crippen LogP contribution in [0.15, 0.2) is 78.9 Å². The molecule has 3 heterocycles. The SMILES string of the molecule is CC(=O)OC1CC(=O)N1c1cccc(CN2C(=O)[C@](O)([C@H](C)/C=C/CC(=O)N3Cc4ccccc4C[C@H]3CO)c3cc(Cl)ccc32)c1. The number of rotatable bonds is 9. The molecule has 6 rings (SSSR count). The summed E-state index contributed by atoms with van der Waals surface area (Å²) < 4.78 is 5.25. The van der Waals surface area contributed by atoms with Crippen molar-refractivity contribution < 1.29 is 34.1 Å². The van der Waals surface area contributed by atoms with Crippen LogP contribution in [0.25, 0.3) is 0 Å². The molecule has 10 nitrogen and oxygen atoms in total. The predicted octanol–water partition coefficient (Wildman–Crippen LogP) is 4.23. The molecule has 2 N–H and O–H groups in total. The first-order chi connectivity index (χ1) is 22.5. The number of benzene rings is 3. The van der Waals surface area contributed by atoms with Crippen molar-refractivity contribution in [2.75, 3.05) is 16.4 Å². The summed E-state index contributed by atoms with van der Waals surface area (Å²) in [7, 11) is 0. The van der Waals surface area contributed by atoms with Gasteiger partial charge >= 0.3 is 5.97 Å². The normalized spacial score (nSPS) is 22.6. The molecule has 3 aliphatic heterocycles. The van der Waals surface area contributed by atoms with Crippen LogP contribution in [0, 0.1) is 5.92 Å². The van der Waals surface area contributed by atoms with E-state index >= 15 is 0 Å². The van der Waals surface area contributed by atoms with Gasteiger partial charge in [-0.3, -0.25) is 24.1 Å². The highest BCUT2D eigenvalue weighted by Gasteiger charge is 2.52. The van der Waals surface area contributed by atoms with Crippen molar-refractivity contribution in [3.8, 4) is 0 Å². The number of anilines is 2. The fourth-order valence-corrected chi connectivity index (χ4v) is 6.89. The number of aliphatic hydroxyl groups is 2. The minimum absolute atomic E-state index is 0.0374. The standard InChI is InChI=1S/C36H36ClN3O7/c1-22(7-5-12-32(43)38-20-26-10-4-3-9-25(26)16-29(38)21-41)36(46)30-17-27(37)13-14-31(30)39(35(36)45)19-24-8-6-11-28(15-24)40-33(44)18-34(40)47-23(2)42/h3-11,13-15,17,22,29,34,41,46H,12,16,18-21H2,1-2H3/b7-5+/t22-,29+,34?,36+/m1/s1. The molecule has 0 saturated carbocycles. The number of amides is 3. The molecular weight excluding hydrogens is 622 g/mol. The largest absolute Gasteiger partial charge is 0.441 e. The van der Waals surface area contributed by atoms with Gasteiger partial charge in [-0.15, -0.1) is 0 Å². The Hall–Kier alpha value is -4.51. The van der Waals surface area contributed by atoms with Gasteiger partial charge in [0.15, 0.2) is 11.8 Å². The Morgan fingerprint density at radius 2 is 1.83 bits per heavy atom. The molecule has 3 aromatic rings. The first kappa shape index (κ1) is 32.4. The Balaban J connectivity index is 1.20. The maximum Gasteiger partial charge on any atom is 0.304 e. The number of hydrogen-bond acceptors (Lipinski definition) is 7. The number of carbonyl (C=O) groups is 4. The molecule has 3 aliphatic rings. The lowest BCUT2D eigenvalue weighted by Crippen LogP contribution is -2.54. The Kier molecular flexibility index (Phi) is 8.93. The van der Waals surface area contributed by atoms with E-state index in [-0.39, 0.29) is 43.8 Å². The van der Waals surface area contributed by atoms with E-state index in [0.717, 1.165) is 11.1 Å². The van der Waals surface area contributed by atoms with Crippen LogP contribution in [-0.2, 0) is 49.0 Å². The lowest BCUT2D eigenvalue weighted by Gasteiger charge is -2.39. The quantitative estimate of drug-likeness (QED) is 0.200. The van der Waals surface area contributed by atoms with Crippen LogP contribution >= 0.6 is 11.6 Å². The van der Waals surface area contributed by atoms with Crippen molar-refractivity contribution in [2.45, 2.75) is 64.1 Å². The predicted molar refractivity (Wildman–Crippen MR) is 175 cm³/mol. The summed E-state index contributed by atoms with van der Waals surface area (Å²) in [4.78, 5) is 55.8. The summed E-state index contributed by atoms with van der Waals surface area (Å²) >= 11 is 6.34. The van der Waals surface area contributed by atoms with E-state index in [9.17, 15) is 29.4 Å². The third-order valence-electron chi connectivity index (χ3n) is 9.23. The molecule has 0 aromatic heterocycles. The van der Waals surface area contributed by atoms with Crippen molar-refractivity contribution in [1.82, 2.24) is 4.90 Å². The lowest BCUT2D eigenvalue weighted by molar-refractivity contribution is -0.154.